The fourth-order valence-corrected chi connectivity index (χ4v) is 5.94. The van der Waals surface area contributed by atoms with Crippen LogP contribution in [0.1, 0.15) is 82.6 Å². The summed E-state index contributed by atoms with van der Waals surface area (Å²) in [6.45, 7) is 2.65. The predicted molar refractivity (Wildman–Crippen MR) is 97.5 cm³/mol. The van der Waals surface area contributed by atoms with E-state index in [4.69, 9.17) is 0 Å². The van der Waals surface area contributed by atoms with Gasteiger partial charge in [0, 0.05) is 5.54 Å². The third-order valence-corrected chi connectivity index (χ3v) is 7.17. The highest BCUT2D eigenvalue weighted by molar-refractivity contribution is 5.28. The lowest BCUT2D eigenvalue weighted by atomic mass is 9.71. The molecule has 0 bridgehead atoms. The molecule has 0 N–H and O–H groups in total. The largest absolute Gasteiger partial charge is 0.294 e. The maximum absolute atomic E-state index is 2.92. The Morgan fingerprint density at radius 1 is 0.652 bits per heavy atom. The normalized spacial score (nSPS) is 32.0. The van der Waals surface area contributed by atoms with Gasteiger partial charge < -0.3 is 0 Å². The number of likely N-dealkylation sites (tertiary alicyclic amines) is 1. The van der Waals surface area contributed by atoms with Crippen molar-refractivity contribution in [1.82, 2.24) is 4.90 Å². The van der Waals surface area contributed by atoms with E-state index in [0.29, 0.717) is 11.0 Å². The summed E-state index contributed by atoms with van der Waals surface area (Å²) in [4.78, 5) is 2.92. The molecule has 3 fully saturated rings. The zero-order chi connectivity index (χ0) is 15.6. The maximum Gasteiger partial charge on any atom is 0.0466 e. The van der Waals surface area contributed by atoms with Gasteiger partial charge in [0.25, 0.3) is 0 Å². The Morgan fingerprint density at radius 3 is 2.00 bits per heavy atom. The molecule has 1 aliphatic heterocycles. The molecule has 2 saturated carbocycles. The summed E-state index contributed by atoms with van der Waals surface area (Å²) < 4.78 is 0. The molecule has 1 aromatic carbocycles. The van der Waals surface area contributed by atoms with E-state index >= 15 is 0 Å². The molecule has 3 aliphatic rings. The van der Waals surface area contributed by atoms with Crippen LogP contribution in [-0.4, -0.2) is 18.0 Å². The molecule has 126 valence electrons. The molecule has 1 aromatic rings. The Morgan fingerprint density at radius 2 is 1.30 bits per heavy atom. The fourth-order valence-electron chi connectivity index (χ4n) is 5.94. The quantitative estimate of drug-likeness (QED) is 0.658. The van der Waals surface area contributed by atoms with Crippen molar-refractivity contribution in [2.24, 2.45) is 5.41 Å². The summed E-state index contributed by atoms with van der Waals surface area (Å²) in [5, 5.41) is 0. The lowest BCUT2D eigenvalue weighted by Gasteiger charge is -2.44. The van der Waals surface area contributed by atoms with Gasteiger partial charge in [-0.25, -0.2) is 0 Å². The van der Waals surface area contributed by atoms with Crippen molar-refractivity contribution in [2.45, 2.75) is 82.6 Å². The molecule has 4 rings (SSSR count). The van der Waals surface area contributed by atoms with Gasteiger partial charge in [0.05, 0.1) is 0 Å². The molecule has 2 aliphatic carbocycles. The van der Waals surface area contributed by atoms with Crippen molar-refractivity contribution in [2.75, 3.05) is 13.1 Å². The first-order chi connectivity index (χ1) is 11.3. The van der Waals surface area contributed by atoms with Crippen LogP contribution in [0.2, 0.25) is 0 Å². The first-order valence-corrected chi connectivity index (χ1v) is 10.1. The second kappa shape index (κ2) is 6.59. The van der Waals surface area contributed by atoms with Crippen LogP contribution in [0.25, 0.3) is 0 Å². The van der Waals surface area contributed by atoms with Crippen LogP contribution in [0.4, 0.5) is 0 Å². The van der Waals surface area contributed by atoms with Crippen molar-refractivity contribution in [3.8, 4) is 0 Å². The molecule has 0 amide bonds. The fraction of sp³-hybridized carbons (Fsp3) is 0.727. The summed E-state index contributed by atoms with van der Waals surface area (Å²) in [7, 11) is 0. The average molecular weight is 312 g/mol. The van der Waals surface area contributed by atoms with E-state index in [1.807, 2.05) is 0 Å². The molecular weight excluding hydrogens is 278 g/mol. The summed E-state index contributed by atoms with van der Waals surface area (Å²) in [6, 6.07) is 11.6. The summed E-state index contributed by atoms with van der Waals surface area (Å²) in [6.07, 6.45) is 17.4. The Kier molecular flexibility index (Phi) is 4.50. The third-order valence-electron chi connectivity index (χ3n) is 7.17. The minimum absolute atomic E-state index is 0.350. The molecule has 1 nitrogen and oxygen atoms in total. The molecular formula is C22H33N. The van der Waals surface area contributed by atoms with E-state index in [1.54, 1.807) is 5.56 Å². The van der Waals surface area contributed by atoms with Gasteiger partial charge in [0.15, 0.2) is 0 Å². The number of hydrogen-bond acceptors (Lipinski definition) is 1. The topological polar surface area (TPSA) is 3.24 Å². The second-order valence-electron chi connectivity index (χ2n) is 8.54. The van der Waals surface area contributed by atoms with Crippen molar-refractivity contribution < 1.29 is 0 Å². The van der Waals surface area contributed by atoms with Gasteiger partial charge in [0.2, 0.25) is 0 Å². The average Bonchev–Trinajstić information content (AvgIpc) is 2.79. The lowest BCUT2D eigenvalue weighted by molar-refractivity contribution is 0.0694. The minimum atomic E-state index is 0.350. The Balaban J connectivity index is 1.67. The SMILES string of the molecule is c1ccc(C2(N3CCCCCC3)CCC3(CCCCC3)C2)cc1. The molecule has 23 heavy (non-hydrogen) atoms. The number of benzene rings is 1. The molecule has 0 radical (unpaired) electrons. The zero-order valence-electron chi connectivity index (χ0n) is 14.7. The number of rotatable bonds is 2. The van der Waals surface area contributed by atoms with Crippen LogP contribution in [0.3, 0.4) is 0 Å². The van der Waals surface area contributed by atoms with Gasteiger partial charge in [-0.2, -0.15) is 0 Å². The minimum Gasteiger partial charge on any atom is -0.294 e. The molecule has 1 saturated heterocycles. The van der Waals surface area contributed by atoms with Crippen molar-refractivity contribution in [3.63, 3.8) is 0 Å². The first kappa shape index (κ1) is 15.7. The van der Waals surface area contributed by atoms with E-state index in [0.717, 1.165) is 0 Å². The van der Waals surface area contributed by atoms with Crippen molar-refractivity contribution >= 4 is 0 Å². The van der Waals surface area contributed by atoms with Crippen LogP contribution in [0.5, 0.6) is 0 Å². The third kappa shape index (κ3) is 2.97. The molecule has 1 heterocycles. The Labute approximate surface area is 142 Å². The standard InChI is InChI=1S/C22H33N/c1-2-10-18-23(17-9-1)22(20-11-5-3-6-12-20)16-15-21(19-22)13-7-4-8-14-21/h3,5-6,11-12H,1-2,4,7-10,13-19H2. The molecule has 1 atom stereocenters. The first-order valence-electron chi connectivity index (χ1n) is 10.1. The molecule has 1 spiro atoms. The summed E-state index contributed by atoms with van der Waals surface area (Å²) in [5.74, 6) is 0. The lowest BCUT2D eigenvalue weighted by Crippen LogP contribution is -2.46. The number of hydrogen-bond donors (Lipinski definition) is 0. The van der Waals surface area contributed by atoms with E-state index < -0.39 is 0 Å². The Hall–Kier alpha value is -0.820. The second-order valence-corrected chi connectivity index (χ2v) is 8.54. The summed E-state index contributed by atoms with van der Waals surface area (Å²) in [5.41, 5.74) is 2.63. The van der Waals surface area contributed by atoms with Gasteiger partial charge in [0.1, 0.15) is 0 Å². The predicted octanol–water partition coefficient (Wildman–Crippen LogP) is 5.89. The van der Waals surface area contributed by atoms with Gasteiger partial charge in [-0.15, -0.1) is 0 Å². The van der Waals surface area contributed by atoms with Gasteiger partial charge in [-0.1, -0.05) is 62.4 Å². The monoisotopic (exact) mass is 311 g/mol. The van der Waals surface area contributed by atoms with Crippen LogP contribution in [-0.2, 0) is 5.54 Å². The van der Waals surface area contributed by atoms with E-state index in [1.165, 1.54) is 90.1 Å². The van der Waals surface area contributed by atoms with Crippen molar-refractivity contribution in [1.29, 1.82) is 0 Å². The number of nitrogens with zero attached hydrogens (tertiary/aromatic N) is 1. The highest BCUT2D eigenvalue weighted by Crippen LogP contribution is 2.58. The van der Waals surface area contributed by atoms with Crippen LogP contribution in [0.15, 0.2) is 30.3 Å². The highest BCUT2D eigenvalue weighted by atomic mass is 15.2. The molecule has 1 unspecified atom stereocenters. The summed E-state index contributed by atoms with van der Waals surface area (Å²) >= 11 is 0. The Bertz CT molecular complexity index is 494. The van der Waals surface area contributed by atoms with E-state index in [-0.39, 0.29) is 0 Å². The molecule has 1 heteroatoms. The van der Waals surface area contributed by atoms with Crippen LogP contribution < -0.4 is 0 Å². The smallest absolute Gasteiger partial charge is 0.0466 e. The highest BCUT2D eigenvalue weighted by Gasteiger charge is 2.51. The zero-order valence-corrected chi connectivity index (χ0v) is 14.7. The van der Waals surface area contributed by atoms with Gasteiger partial charge in [-0.3, -0.25) is 4.90 Å². The van der Waals surface area contributed by atoms with E-state index in [9.17, 15) is 0 Å². The van der Waals surface area contributed by atoms with Crippen molar-refractivity contribution in [3.05, 3.63) is 35.9 Å². The van der Waals surface area contributed by atoms with Gasteiger partial charge >= 0.3 is 0 Å². The maximum atomic E-state index is 2.92. The molecule has 0 aromatic heterocycles. The van der Waals surface area contributed by atoms with Crippen LogP contribution >= 0.6 is 0 Å². The van der Waals surface area contributed by atoms with Gasteiger partial charge in [-0.05, 0) is 69.0 Å². The van der Waals surface area contributed by atoms with E-state index in [2.05, 4.69) is 35.2 Å². The van der Waals surface area contributed by atoms with Crippen LogP contribution in [0, 0.1) is 5.41 Å².